The Balaban J connectivity index is 0.000000354. The lowest BCUT2D eigenvalue weighted by atomic mass is 10.2. The molecular weight excluding hydrogens is 1010 g/mol. The first-order valence-corrected chi connectivity index (χ1v) is 24.9. The summed E-state index contributed by atoms with van der Waals surface area (Å²) in [5, 5.41) is 13.7. The van der Waals surface area contributed by atoms with Crippen LogP contribution in [0, 0.1) is 6.92 Å². The number of methoxy groups -OCH3 is 2. The number of hydrogen-bond donors (Lipinski definition) is 4. The van der Waals surface area contributed by atoms with Gasteiger partial charge in [-0.1, -0.05) is 40.9 Å². The van der Waals surface area contributed by atoms with Crippen LogP contribution in [-0.4, -0.2) is 111 Å². The molecule has 3 aromatic heterocycles. The third kappa shape index (κ3) is 16.7. The van der Waals surface area contributed by atoms with Gasteiger partial charge in [-0.05, 0) is 61.5 Å². The number of halogens is 6. The SMILES string of the molecule is CC(C)OC(=O)c1cc(-n2c(=O)cc(C(F)(F)F)n(C)c2=O)ccc1Cl.COc1cc(OC)n2nc(S(=O)(=O)Nc3c(Cl)ccc(C)c3Cl)nc2n1.C[S+](C)C.O=C(O)CNCP(=O)([O-])O. The minimum absolute atomic E-state index is 0.0104. The molecule has 4 N–H and O–H groups in total. The van der Waals surface area contributed by atoms with Crippen LogP contribution in [-0.2, 0) is 48.2 Å². The fourth-order valence-electron chi connectivity index (χ4n) is 4.62. The lowest BCUT2D eigenvalue weighted by Gasteiger charge is -2.15. The minimum Gasteiger partial charge on any atom is -0.778 e. The van der Waals surface area contributed by atoms with Crippen molar-refractivity contribution in [1.82, 2.24) is 34.0 Å². The van der Waals surface area contributed by atoms with Gasteiger partial charge in [0, 0.05) is 13.1 Å². The molecule has 0 bridgehead atoms. The summed E-state index contributed by atoms with van der Waals surface area (Å²) in [6.45, 7) is 4.48. The molecule has 0 radical (unpaired) electrons. The first kappa shape index (κ1) is 57.2. The number of aromatic nitrogens is 6. The second kappa shape index (κ2) is 24.2. The topological polar surface area (TPSA) is 288 Å². The summed E-state index contributed by atoms with van der Waals surface area (Å²) in [5.41, 5.74) is -3.30. The van der Waals surface area contributed by atoms with E-state index in [1.807, 2.05) is 5.32 Å². The molecule has 0 spiro atoms. The molecule has 5 aromatic rings. The smallest absolute Gasteiger partial charge is 0.431 e. The number of ether oxygens (including phenoxy) is 3. The molecule has 2 aromatic carbocycles. The Labute approximate surface area is 392 Å². The molecule has 0 aliphatic heterocycles. The molecule has 0 saturated heterocycles. The summed E-state index contributed by atoms with van der Waals surface area (Å²) < 4.78 is 93.4. The number of aliphatic carboxylic acids is 1. The number of alkyl halides is 3. The van der Waals surface area contributed by atoms with Crippen LogP contribution in [0.1, 0.15) is 35.5 Å². The van der Waals surface area contributed by atoms with Gasteiger partial charge in [0.15, 0.2) is 0 Å². The number of carbonyl (C=O) groups excluding carboxylic acids is 1. The van der Waals surface area contributed by atoms with E-state index in [4.69, 9.17) is 59.0 Å². The van der Waals surface area contributed by atoms with Crippen LogP contribution in [0.2, 0.25) is 15.1 Å². The molecule has 66 heavy (non-hydrogen) atoms. The third-order valence-electron chi connectivity index (χ3n) is 7.39. The number of carbonyl (C=O) groups is 2. The molecule has 21 nitrogen and oxygen atoms in total. The number of benzene rings is 2. The van der Waals surface area contributed by atoms with E-state index in [2.05, 4.69) is 38.6 Å². The highest BCUT2D eigenvalue weighted by Gasteiger charge is 2.35. The monoisotopic (exact) mass is 1050 g/mol. The van der Waals surface area contributed by atoms with Crippen molar-refractivity contribution in [2.75, 3.05) is 50.5 Å². The molecule has 0 amide bonds. The van der Waals surface area contributed by atoms with Gasteiger partial charge in [-0.3, -0.25) is 24.2 Å². The largest absolute Gasteiger partial charge is 0.778 e. The quantitative estimate of drug-likeness (QED) is 0.0780. The summed E-state index contributed by atoms with van der Waals surface area (Å²) >= 11 is 18.1. The fourth-order valence-corrected chi connectivity index (χ4v) is 6.75. The van der Waals surface area contributed by atoms with E-state index >= 15 is 0 Å². The molecule has 0 fully saturated rings. The molecular formula is C36H43Cl3F3N8O13PS2. The standard InChI is InChI=1S/C16H14ClF3N2O4.C14H13Cl2N5O4S.C3H8NO5P.C3H9S/c1-8(2)26-14(24)10-6-9(4-5-11(10)17)22-13(23)7-12(16(18,19)20)21(3)15(22)25;1-7-4-5-8(15)12(11(7)16)20-26(22,23)14-18-13-17-9(24-2)6-10(25-3)21(13)19-14;5-3(6)1-4-2-10(7,8)9;1-4(2)3/h4-8H,1-3H3;4-6,20H,1-3H3;4H,1-2H2,(H,5,6)(H2,7,8,9);1-3H3/q;;;+1/p-1. The summed E-state index contributed by atoms with van der Waals surface area (Å²) in [5.74, 6) is -1.57. The lowest BCUT2D eigenvalue weighted by molar-refractivity contribution is -0.193. The highest BCUT2D eigenvalue weighted by atomic mass is 35.5. The highest BCUT2D eigenvalue weighted by molar-refractivity contribution is 7.94. The Morgan fingerprint density at radius 3 is 2.11 bits per heavy atom. The van der Waals surface area contributed by atoms with E-state index in [1.54, 1.807) is 26.8 Å². The maximum Gasteiger partial charge on any atom is 0.431 e. The van der Waals surface area contributed by atoms with Crippen LogP contribution in [0.3, 0.4) is 0 Å². The maximum absolute atomic E-state index is 12.9. The second-order valence-corrected chi connectivity index (χ2v) is 20.4. The summed E-state index contributed by atoms with van der Waals surface area (Å²) in [6.07, 6.45) is 0.571. The zero-order valence-electron chi connectivity index (χ0n) is 36.1. The summed E-state index contributed by atoms with van der Waals surface area (Å²) in [4.78, 5) is 72.2. The molecule has 364 valence electrons. The van der Waals surface area contributed by atoms with Crippen molar-refractivity contribution in [2.24, 2.45) is 7.05 Å². The van der Waals surface area contributed by atoms with Crippen molar-refractivity contribution >= 4 is 86.7 Å². The van der Waals surface area contributed by atoms with Gasteiger partial charge in [0.05, 0.1) is 90.0 Å². The average Bonchev–Trinajstić information content (AvgIpc) is 3.64. The number of anilines is 1. The van der Waals surface area contributed by atoms with Crippen LogP contribution < -0.4 is 35.7 Å². The van der Waals surface area contributed by atoms with Gasteiger partial charge in [0.25, 0.3) is 26.5 Å². The molecule has 1 unspecified atom stereocenters. The van der Waals surface area contributed by atoms with Crippen molar-refractivity contribution in [2.45, 2.75) is 38.2 Å². The van der Waals surface area contributed by atoms with E-state index < -0.39 is 76.8 Å². The Hall–Kier alpha value is -4.92. The van der Waals surface area contributed by atoms with Gasteiger partial charge >= 0.3 is 23.8 Å². The lowest BCUT2D eigenvalue weighted by Crippen LogP contribution is -2.40. The molecule has 1 atom stereocenters. The zero-order valence-corrected chi connectivity index (χ0v) is 40.9. The minimum atomic E-state index is -4.86. The van der Waals surface area contributed by atoms with E-state index in [0.717, 1.165) is 17.6 Å². The van der Waals surface area contributed by atoms with Crippen LogP contribution in [0.5, 0.6) is 11.8 Å². The van der Waals surface area contributed by atoms with E-state index in [0.29, 0.717) is 31.7 Å². The second-order valence-electron chi connectivity index (χ2n) is 13.6. The number of hydrogen-bond acceptors (Lipinski definition) is 15. The number of nitrogens with one attached hydrogen (secondary N) is 2. The van der Waals surface area contributed by atoms with Gasteiger partial charge in [0.1, 0.15) is 13.3 Å². The van der Waals surface area contributed by atoms with Gasteiger partial charge in [-0.2, -0.15) is 36.1 Å². The molecule has 30 heteroatoms. The van der Waals surface area contributed by atoms with Crippen molar-refractivity contribution in [3.8, 4) is 17.4 Å². The van der Waals surface area contributed by atoms with Crippen LogP contribution in [0.15, 0.2) is 57.2 Å². The van der Waals surface area contributed by atoms with Crippen LogP contribution in [0.25, 0.3) is 11.5 Å². The maximum atomic E-state index is 12.9. The molecule has 3 heterocycles. The van der Waals surface area contributed by atoms with Gasteiger partial charge in [0.2, 0.25) is 11.8 Å². The average molecular weight is 1050 g/mol. The van der Waals surface area contributed by atoms with Crippen molar-refractivity contribution in [3.05, 3.63) is 95.2 Å². The summed E-state index contributed by atoms with van der Waals surface area (Å²) in [7, 11) is -4.18. The van der Waals surface area contributed by atoms with Crippen molar-refractivity contribution in [1.29, 1.82) is 0 Å². The third-order valence-corrected chi connectivity index (χ3v) is 10.3. The number of rotatable bonds is 12. The molecule has 5 rings (SSSR count). The van der Waals surface area contributed by atoms with Gasteiger partial charge in [-0.15, -0.1) is 5.10 Å². The molecule has 0 saturated carbocycles. The number of carboxylic acids is 1. The van der Waals surface area contributed by atoms with Crippen LogP contribution >= 0.6 is 42.4 Å². The van der Waals surface area contributed by atoms with E-state index in [-0.39, 0.29) is 49.5 Å². The molecule has 0 aliphatic rings. The predicted molar refractivity (Wildman–Crippen MR) is 239 cm³/mol. The zero-order chi connectivity index (χ0) is 50.6. The fraction of sp³-hybridized carbons (Fsp3) is 0.361. The Morgan fingerprint density at radius 1 is 1.00 bits per heavy atom. The van der Waals surface area contributed by atoms with E-state index in [9.17, 15) is 50.2 Å². The van der Waals surface area contributed by atoms with E-state index in [1.165, 1.54) is 38.5 Å². The van der Waals surface area contributed by atoms with Crippen molar-refractivity contribution < 1.29 is 64.8 Å². The number of esters is 1. The highest BCUT2D eigenvalue weighted by Crippen LogP contribution is 2.34. The van der Waals surface area contributed by atoms with Gasteiger partial charge in [-0.25, -0.2) is 14.2 Å². The predicted octanol–water partition coefficient (Wildman–Crippen LogP) is 3.99. The Bertz CT molecular complexity index is 2820. The number of nitrogens with zero attached hydrogens (tertiary/aromatic N) is 6. The Kier molecular flexibility index (Phi) is 21.0. The number of fused-ring (bicyclic) bond motifs is 1. The Morgan fingerprint density at radius 2 is 1.59 bits per heavy atom. The van der Waals surface area contributed by atoms with Gasteiger partial charge < -0.3 is 33.7 Å². The van der Waals surface area contributed by atoms with Crippen molar-refractivity contribution in [3.63, 3.8) is 0 Å². The normalized spacial score (nSPS) is 12.2. The number of carboxylic acid groups (broad SMARTS) is 1. The number of sulfonamides is 1. The van der Waals surface area contributed by atoms with Crippen LogP contribution in [0.4, 0.5) is 18.9 Å². The first-order chi connectivity index (χ1) is 30.3. The summed E-state index contributed by atoms with van der Waals surface area (Å²) in [6, 6.07) is 8.56. The first-order valence-electron chi connectivity index (χ1n) is 18.0. The molecule has 0 aliphatic carbocycles. The number of aryl methyl sites for hydroxylation is 1.